The first-order valence-corrected chi connectivity index (χ1v) is 7.41. The van der Waals surface area contributed by atoms with E-state index in [9.17, 15) is 9.59 Å². The predicted molar refractivity (Wildman–Crippen MR) is 79.8 cm³/mol. The minimum Gasteiger partial charge on any atom is -0.333 e. The molecule has 0 spiro atoms. The van der Waals surface area contributed by atoms with Crippen LogP contribution in [-0.4, -0.2) is 51.8 Å². The molecule has 0 unspecified atom stereocenters. The van der Waals surface area contributed by atoms with Crippen LogP contribution in [0.15, 0.2) is 16.1 Å². The lowest BCUT2D eigenvalue weighted by molar-refractivity contribution is 0.0652. The molecule has 3 heterocycles. The van der Waals surface area contributed by atoms with Crippen LogP contribution in [0.4, 0.5) is 0 Å². The normalized spacial score (nSPS) is 21.2. The number of carbonyl (C=O) groups is 1. The maximum atomic E-state index is 12.5. The number of aromatic nitrogens is 2. The average Bonchev–Trinajstić information content (AvgIpc) is 2.88. The lowest BCUT2D eigenvalue weighted by atomic mass is 10.2. The highest BCUT2D eigenvalue weighted by Gasteiger charge is 2.28. The fourth-order valence-electron chi connectivity index (χ4n) is 2.46. The van der Waals surface area contributed by atoms with Gasteiger partial charge in [0.25, 0.3) is 11.5 Å². The van der Waals surface area contributed by atoms with Crippen LogP contribution >= 0.6 is 24.2 Å². The third-order valence-corrected chi connectivity index (χ3v) is 4.52. The molecule has 0 aromatic carbocycles. The summed E-state index contributed by atoms with van der Waals surface area (Å²) in [5.41, 5.74) is -0.00858. The molecule has 0 bridgehead atoms. The molecule has 1 atom stereocenters. The molecule has 1 amide bonds. The molecule has 1 aromatic heterocycles. The van der Waals surface area contributed by atoms with Crippen molar-refractivity contribution >= 4 is 30.1 Å². The monoisotopic (exact) mass is 316 g/mol. The maximum absolute atomic E-state index is 12.5. The number of carbonyl (C=O) groups excluding carboxylic acids is 1. The lowest BCUT2D eigenvalue weighted by Gasteiger charge is -2.33. The summed E-state index contributed by atoms with van der Waals surface area (Å²) < 4.78 is 1.60. The largest absolute Gasteiger partial charge is 0.333 e. The predicted octanol–water partition coefficient (Wildman–Crippen LogP) is 0.205. The van der Waals surface area contributed by atoms with Crippen molar-refractivity contribution in [1.82, 2.24) is 19.8 Å². The second-order valence-corrected chi connectivity index (χ2v) is 5.87. The van der Waals surface area contributed by atoms with Crippen LogP contribution in [0.3, 0.4) is 0 Å². The van der Waals surface area contributed by atoms with E-state index in [0.29, 0.717) is 13.1 Å². The van der Waals surface area contributed by atoms with Crippen LogP contribution in [0, 0.1) is 0 Å². The summed E-state index contributed by atoms with van der Waals surface area (Å²) in [4.78, 5) is 30.7. The highest BCUT2D eigenvalue weighted by atomic mass is 35.5. The minimum atomic E-state index is -0.203. The van der Waals surface area contributed by atoms with Gasteiger partial charge in [0.05, 0.1) is 0 Å². The fourth-order valence-corrected chi connectivity index (χ4v) is 3.38. The number of piperazine rings is 1. The SMILES string of the molecule is C[C@H]1CNCCN1C(=O)c1cnc2n(c1=O)CCS2.Cl. The van der Waals surface area contributed by atoms with Gasteiger partial charge in [0.15, 0.2) is 5.16 Å². The van der Waals surface area contributed by atoms with Crippen LogP contribution in [0.5, 0.6) is 0 Å². The van der Waals surface area contributed by atoms with E-state index >= 15 is 0 Å². The molecule has 1 saturated heterocycles. The average molecular weight is 317 g/mol. The summed E-state index contributed by atoms with van der Waals surface area (Å²) in [6.07, 6.45) is 1.43. The zero-order valence-electron chi connectivity index (χ0n) is 11.2. The molecule has 0 saturated carbocycles. The Kier molecular flexibility index (Phi) is 4.72. The van der Waals surface area contributed by atoms with E-state index in [1.165, 1.54) is 6.20 Å². The van der Waals surface area contributed by atoms with E-state index in [0.717, 1.165) is 24.0 Å². The van der Waals surface area contributed by atoms with Gasteiger partial charge in [0.2, 0.25) is 0 Å². The highest BCUT2D eigenvalue weighted by Crippen LogP contribution is 2.21. The highest BCUT2D eigenvalue weighted by molar-refractivity contribution is 7.99. The Balaban J connectivity index is 0.00000147. The van der Waals surface area contributed by atoms with Crippen LogP contribution in [0.2, 0.25) is 0 Å². The molecule has 0 aliphatic carbocycles. The fraction of sp³-hybridized carbons (Fsp3) is 0.583. The lowest BCUT2D eigenvalue weighted by Crippen LogP contribution is -2.53. The van der Waals surface area contributed by atoms with E-state index < -0.39 is 0 Å². The van der Waals surface area contributed by atoms with Crippen molar-refractivity contribution in [2.24, 2.45) is 0 Å². The Morgan fingerprint density at radius 3 is 3.05 bits per heavy atom. The van der Waals surface area contributed by atoms with Gasteiger partial charge < -0.3 is 10.2 Å². The Labute approximate surface area is 127 Å². The molecule has 6 nitrogen and oxygen atoms in total. The summed E-state index contributed by atoms with van der Waals surface area (Å²) >= 11 is 1.56. The van der Waals surface area contributed by atoms with Gasteiger partial charge in [-0.15, -0.1) is 12.4 Å². The summed E-state index contributed by atoms with van der Waals surface area (Å²) in [7, 11) is 0. The quantitative estimate of drug-likeness (QED) is 0.750. The Hall–Kier alpha value is -1.05. The number of nitrogens with zero attached hydrogens (tertiary/aromatic N) is 3. The van der Waals surface area contributed by atoms with Gasteiger partial charge in [0.1, 0.15) is 5.56 Å². The number of rotatable bonds is 1. The van der Waals surface area contributed by atoms with Gasteiger partial charge in [0, 0.05) is 44.2 Å². The molecule has 1 aromatic rings. The first kappa shape index (κ1) is 15.3. The van der Waals surface area contributed by atoms with Crippen molar-refractivity contribution in [3.8, 4) is 0 Å². The van der Waals surface area contributed by atoms with Crippen molar-refractivity contribution in [3.63, 3.8) is 0 Å². The third kappa shape index (κ3) is 2.57. The molecule has 3 rings (SSSR count). The number of hydrogen-bond donors (Lipinski definition) is 1. The third-order valence-electron chi connectivity index (χ3n) is 3.55. The smallest absolute Gasteiger partial charge is 0.267 e. The summed E-state index contributed by atoms with van der Waals surface area (Å²) in [5.74, 6) is 0.655. The van der Waals surface area contributed by atoms with E-state index in [4.69, 9.17) is 0 Å². The van der Waals surface area contributed by atoms with E-state index in [1.54, 1.807) is 21.2 Å². The van der Waals surface area contributed by atoms with Crippen molar-refractivity contribution < 1.29 is 4.79 Å². The van der Waals surface area contributed by atoms with Gasteiger partial charge in [-0.25, -0.2) is 4.98 Å². The molecule has 2 aliphatic heterocycles. The first-order chi connectivity index (χ1) is 9.18. The van der Waals surface area contributed by atoms with Gasteiger partial charge in [-0.05, 0) is 6.92 Å². The summed E-state index contributed by atoms with van der Waals surface area (Å²) in [5, 5.41) is 3.95. The van der Waals surface area contributed by atoms with Crippen LogP contribution in [0.1, 0.15) is 17.3 Å². The maximum Gasteiger partial charge on any atom is 0.267 e. The Bertz CT molecular complexity index is 577. The molecule has 20 heavy (non-hydrogen) atoms. The number of hydrogen-bond acceptors (Lipinski definition) is 5. The molecule has 8 heteroatoms. The second kappa shape index (κ2) is 6.15. The number of fused-ring (bicyclic) bond motifs is 1. The number of amides is 1. The molecular weight excluding hydrogens is 300 g/mol. The van der Waals surface area contributed by atoms with Gasteiger partial charge in [-0.3, -0.25) is 14.2 Å². The van der Waals surface area contributed by atoms with Crippen molar-refractivity contribution in [2.75, 3.05) is 25.4 Å². The van der Waals surface area contributed by atoms with E-state index in [2.05, 4.69) is 10.3 Å². The van der Waals surface area contributed by atoms with Crippen LogP contribution in [0.25, 0.3) is 0 Å². The van der Waals surface area contributed by atoms with Crippen LogP contribution < -0.4 is 10.9 Å². The number of halogens is 1. The zero-order valence-corrected chi connectivity index (χ0v) is 12.8. The molecule has 2 aliphatic rings. The molecule has 110 valence electrons. The standard InChI is InChI=1S/C12H16N4O2S.ClH/c1-8-6-13-2-3-15(8)10(17)9-7-14-12-16(11(9)18)4-5-19-12;/h7-8,13H,2-6H2,1H3;1H/t8-;/m0./s1. The number of nitrogens with one attached hydrogen (secondary N) is 1. The van der Waals surface area contributed by atoms with Gasteiger partial charge in [-0.1, -0.05) is 11.8 Å². The zero-order chi connectivity index (χ0) is 13.4. The molecule has 1 N–H and O–H groups in total. The summed E-state index contributed by atoms with van der Waals surface area (Å²) in [6.45, 7) is 4.80. The molecule has 1 fully saturated rings. The van der Waals surface area contributed by atoms with Crippen molar-refractivity contribution in [1.29, 1.82) is 0 Å². The first-order valence-electron chi connectivity index (χ1n) is 6.43. The van der Waals surface area contributed by atoms with Gasteiger partial charge >= 0.3 is 0 Å². The van der Waals surface area contributed by atoms with Gasteiger partial charge in [-0.2, -0.15) is 0 Å². The molecule has 0 radical (unpaired) electrons. The van der Waals surface area contributed by atoms with Crippen molar-refractivity contribution in [3.05, 3.63) is 22.1 Å². The second-order valence-electron chi connectivity index (χ2n) is 4.81. The summed E-state index contributed by atoms with van der Waals surface area (Å²) in [6, 6.07) is 0.105. The Morgan fingerprint density at radius 2 is 2.30 bits per heavy atom. The number of thioether (sulfide) groups is 1. The topological polar surface area (TPSA) is 67.2 Å². The Morgan fingerprint density at radius 1 is 1.50 bits per heavy atom. The minimum absolute atomic E-state index is 0. The van der Waals surface area contributed by atoms with E-state index in [-0.39, 0.29) is 35.5 Å². The van der Waals surface area contributed by atoms with Crippen molar-refractivity contribution in [2.45, 2.75) is 24.7 Å². The molecular formula is C12H17ClN4O2S. The van der Waals surface area contributed by atoms with E-state index in [1.807, 2.05) is 6.92 Å². The van der Waals surface area contributed by atoms with Crippen LogP contribution in [-0.2, 0) is 6.54 Å².